The molecule has 2 amide bonds. The molecule has 0 radical (unpaired) electrons. The number of hydrogen-bond acceptors (Lipinski definition) is 3. The van der Waals surface area contributed by atoms with Crippen LogP contribution in [0.15, 0.2) is 30.3 Å². The van der Waals surface area contributed by atoms with Crippen molar-refractivity contribution in [3.8, 4) is 0 Å². The van der Waals surface area contributed by atoms with Gasteiger partial charge in [-0.25, -0.2) is 4.79 Å². The van der Waals surface area contributed by atoms with Crippen molar-refractivity contribution in [3.63, 3.8) is 0 Å². The molecule has 0 saturated heterocycles. The van der Waals surface area contributed by atoms with Crippen LogP contribution in [-0.2, 0) is 5.60 Å². The van der Waals surface area contributed by atoms with E-state index in [0.717, 1.165) is 27.8 Å². The second-order valence-corrected chi connectivity index (χ2v) is 7.31. The average Bonchev–Trinajstić information content (AvgIpc) is 3.14. The zero-order valence-electron chi connectivity index (χ0n) is 12.8. The van der Waals surface area contributed by atoms with E-state index in [1.54, 1.807) is 18.3 Å². The Kier molecular flexibility index (Phi) is 4.36. The van der Waals surface area contributed by atoms with Gasteiger partial charge < -0.3 is 15.7 Å². The molecule has 1 heterocycles. The summed E-state index contributed by atoms with van der Waals surface area (Å²) in [6, 6.07) is 10.1. The summed E-state index contributed by atoms with van der Waals surface area (Å²) in [5.41, 5.74) is -1.06. The molecule has 3 rings (SSSR count). The van der Waals surface area contributed by atoms with E-state index in [1.807, 2.05) is 30.3 Å². The van der Waals surface area contributed by atoms with Crippen LogP contribution >= 0.6 is 11.3 Å². The molecule has 1 aliphatic carbocycles. The van der Waals surface area contributed by atoms with Gasteiger partial charge in [-0.05, 0) is 37.3 Å². The summed E-state index contributed by atoms with van der Waals surface area (Å²) in [6.45, 7) is 1.95. The molecule has 1 aromatic heterocycles. The lowest BCUT2D eigenvalue weighted by molar-refractivity contribution is 0.0631. The molecule has 1 aromatic carbocycles. The first kappa shape index (κ1) is 15.3. The van der Waals surface area contributed by atoms with Gasteiger partial charge in [0.05, 0.1) is 6.54 Å². The fraction of sp³-hybridized carbons (Fsp3) is 0.471. The third-order valence-corrected chi connectivity index (χ3v) is 5.61. The van der Waals surface area contributed by atoms with Crippen LogP contribution in [0.3, 0.4) is 0 Å². The largest absolute Gasteiger partial charge is 0.383 e. The van der Waals surface area contributed by atoms with Gasteiger partial charge >= 0.3 is 6.03 Å². The highest BCUT2D eigenvalue weighted by Gasteiger charge is 2.26. The highest BCUT2D eigenvalue weighted by atomic mass is 32.1. The number of nitrogens with one attached hydrogen (secondary N) is 2. The van der Waals surface area contributed by atoms with E-state index in [2.05, 4.69) is 10.6 Å². The molecule has 5 heteroatoms. The van der Waals surface area contributed by atoms with Crippen molar-refractivity contribution in [1.29, 1.82) is 0 Å². The molecule has 1 unspecified atom stereocenters. The van der Waals surface area contributed by atoms with E-state index < -0.39 is 5.60 Å². The van der Waals surface area contributed by atoms with Crippen LogP contribution in [0.1, 0.15) is 37.5 Å². The van der Waals surface area contributed by atoms with Crippen molar-refractivity contribution in [2.24, 2.45) is 0 Å². The Labute approximate surface area is 134 Å². The zero-order chi connectivity index (χ0) is 15.6. The van der Waals surface area contributed by atoms with E-state index in [-0.39, 0.29) is 18.6 Å². The van der Waals surface area contributed by atoms with Crippen LogP contribution < -0.4 is 10.6 Å². The third kappa shape index (κ3) is 3.42. The average molecular weight is 318 g/mol. The number of amides is 2. The van der Waals surface area contributed by atoms with Gasteiger partial charge in [0.25, 0.3) is 0 Å². The highest BCUT2D eigenvalue weighted by molar-refractivity contribution is 7.19. The Morgan fingerprint density at radius 3 is 2.82 bits per heavy atom. The van der Waals surface area contributed by atoms with Gasteiger partial charge in [-0.1, -0.05) is 31.0 Å². The maximum atomic E-state index is 11.9. The maximum Gasteiger partial charge on any atom is 0.315 e. The number of urea groups is 1. The van der Waals surface area contributed by atoms with Crippen LogP contribution in [0.4, 0.5) is 4.79 Å². The van der Waals surface area contributed by atoms with E-state index in [4.69, 9.17) is 0 Å². The van der Waals surface area contributed by atoms with Crippen LogP contribution in [0.5, 0.6) is 0 Å². The van der Waals surface area contributed by atoms with Crippen LogP contribution in [0, 0.1) is 0 Å². The minimum absolute atomic E-state index is 0.187. The topological polar surface area (TPSA) is 61.4 Å². The zero-order valence-corrected chi connectivity index (χ0v) is 13.6. The van der Waals surface area contributed by atoms with Crippen molar-refractivity contribution in [2.45, 2.75) is 44.2 Å². The minimum atomic E-state index is -1.06. The summed E-state index contributed by atoms with van der Waals surface area (Å²) in [6.07, 6.45) is 4.48. The third-order valence-electron chi connectivity index (χ3n) is 4.24. The summed E-state index contributed by atoms with van der Waals surface area (Å²) in [7, 11) is 0. The molecule has 4 nitrogen and oxygen atoms in total. The molecule has 118 valence electrons. The molecule has 1 atom stereocenters. The number of rotatable bonds is 4. The normalized spacial score (nSPS) is 18.3. The van der Waals surface area contributed by atoms with Crippen LogP contribution in [0.25, 0.3) is 10.1 Å². The summed E-state index contributed by atoms with van der Waals surface area (Å²) in [5, 5.41) is 17.6. The maximum absolute atomic E-state index is 11.9. The summed E-state index contributed by atoms with van der Waals surface area (Å²) >= 11 is 1.57. The van der Waals surface area contributed by atoms with Gasteiger partial charge in [-0.3, -0.25) is 0 Å². The first-order valence-electron chi connectivity index (χ1n) is 7.80. The predicted octanol–water partition coefficient (Wildman–Crippen LogP) is 3.35. The molecule has 3 N–H and O–H groups in total. The molecule has 2 aromatic rings. The molecular formula is C17H22N2O2S. The van der Waals surface area contributed by atoms with E-state index >= 15 is 0 Å². The molecule has 1 fully saturated rings. The minimum Gasteiger partial charge on any atom is -0.383 e. The van der Waals surface area contributed by atoms with Crippen molar-refractivity contribution < 1.29 is 9.90 Å². The number of thiophene rings is 1. The number of benzene rings is 1. The molecular weight excluding hydrogens is 296 g/mol. The monoisotopic (exact) mass is 318 g/mol. The second kappa shape index (κ2) is 6.26. The van der Waals surface area contributed by atoms with E-state index in [0.29, 0.717) is 0 Å². The number of fused-ring (bicyclic) bond motifs is 1. The Balaban J connectivity index is 1.61. The molecule has 1 saturated carbocycles. The molecule has 0 spiro atoms. The summed E-state index contributed by atoms with van der Waals surface area (Å²) < 4.78 is 1.15. The fourth-order valence-corrected chi connectivity index (χ4v) is 4.00. The van der Waals surface area contributed by atoms with Gasteiger partial charge in [0, 0.05) is 15.6 Å². The Hall–Kier alpha value is -1.59. The van der Waals surface area contributed by atoms with Gasteiger partial charge in [0.2, 0.25) is 0 Å². The molecule has 1 aliphatic rings. The second-order valence-electron chi connectivity index (χ2n) is 6.23. The number of carbonyl (C=O) groups is 1. The van der Waals surface area contributed by atoms with Crippen molar-refractivity contribution >= 4 is 27.5 Å². The van der Waals surface area contributed by atoms with Crippen molar-refractivity contribution in [3.05, 3.63) is 35.2 Å². The van der Waals surface area contributed by atoms with Crippen LogP contribution in [0.2, 0.25) is 0 Å². The Morgan fingerprint density at radius 2 is 2.09 bits per heavy atom. The smallest absolute Gasteiger partial charge is 0.315 e. The fourth-order valence-electron chi connectivity index (χ4n) is 2.89. The first-order valence-corrected chi connectivity index (χ1v) is 8.62. The summed E-state index contributed by atoms with van der Waals surface area (Å²) in [5.74, 6) is 0. The molecule has 0 aliphatic heterocycles. The van der Waals surface area contributed by atoms with Crippen molar-refractivity contribution in [2.75, 3.05) is 6.54 Å². The standard InChI is InChI=1S/C17H22N2O2S/c1-17(21,11-18-16(20)19-13-7-3-4-8-13)15-10-12-6-2-5-9-14(12)22-15/h2,5-6,9-10,13,21H,3-4,7-8,11H2,1H3,(H2,18,19,20). The lowest BCUT2D eigenvalue weighted by Crippen LogP contribution is -2.45. The SMILES string of the molecule is CC(O)(CNC(=O)NC1CCCC1)c1cc2ccccc2s1. The van der Waals surface area contributed by atoms with Crippen LogP contribution in [-0.4, -0.2) is 23.7 Å². The predicted molar refractivity (Wildman–Crippen MR) is 90.2 cm³/mol. The van der Waals surface area contributed by atoms with Gasteiger partial charge in [-0.15, -0.1) is 11.3 Å². The Bertz CT molecular complexity index is 626. The molecule has 0 bridgehead atoms. The quantitative estimate of drug-likeness (QED) is 0.809. The number of aliphatic hydroxyl groups is 1. The van der Waals surface area contributed by atoms with Gasteiger partial charge in [0.1, 0.15) is 5.60 Å². The number of hydrogen-bond donors (Lipinski definition) is 3. The van der Waals surface area contributed by atoms with Gasteiger partial charge in [-0.2, -0.15) is 0 Å². The van der Waals surface area contributed by atoms with E-state index in [9.17, 15) is 9.90 Å². The molecule has 22 heavy (non-hydrogen) atoms. The number of carbonyl (C=O) groups excluding carboxylic acids is 1. The van der Waals surface area contributed by atoms with Crippen molar-refractivity contribution in [1.82, 2.24) is 10.6 Å². The first-order chi connectivity index (χ1) is 10.5. The highest BCUT2D eigenvalue weighted by Crippen LogP contribution is 2.32. The van der Waals surface area contributed by atoms with Gasteiger partial charge in [0.15, 0.2) is 0 Å². The summed E-state index contributed by atoms with van der Waals surface area (Å²) in [4.78, 5) is 12.8. The lowest BCUT2D eigenvalue weighted by atomic mass is 10.0. The Morgan fingerprint density at radius 1 is 1.36 bits per heavy atom. The lowest BCUT2D eigenvalue weighted by Gasteiger charge is -2.23. The van der Waals surface area contributed by atoms with E-state index in [1.165, 1.54) is 12.8 Å².